The molecule has 4 nitrogen and oxygen atoms in total. The fourth-order valence-electron chi connectivity index (χ4n) is 1.36. The minimum atomic E-state index is -0.330. The highest BCUT2D eigenvalue weighted by molar-refractivity contribution is 9.09. The molecule has 100 valence electrons. The molecule has 0 aliphatic heterocycles. The van der Waals surface area contributed by atoms with Gasteiger partial charge in [0.05, 0.1) is 12.7 Å². The van der Waals surface area contributed by atoms with Crippen molar-refractivity contribution in [2.24, 2.45) is 0 Å². The van der Waals surface area contributed by atoms with E-state index in [1.807, 2.05) is 13.8 Å². The summed E-state index contributed by atoms with van der Waals surface area (Å²) in [6.07, 6.45) is 0. The number of amides is 1. The first kappa shape index (κ1) is 14.8. The molecule has 1 aromatic rings. The Morgan fingerprint density at radius 2 is 2.11 bits per heavy atom. The molecule has 0 saturated carbocycles. The van der Waals surface area contributed by atoms with E-state index < -0.39 is 0 Å². The van der Waals surface area contributed by atoms with Crippen LogP contribution in [0.3, 0.4) is 0 Å². The third kappa shape index (κ3) is 2.96. The normalized spacial score (nSPS) is 11.2. The molecule has 5 heteroatoms. The summed E-state index contributed by atoms with van der Waals surface area (Å²) in [6, 6.07) is 4.65. The Morgan fingerprint density at radius 3 is 2.56 bits per heavy atom. The number of methoxy groups -OCH3 is 1. The van der Waals surface area contributed by atoms with Gasteiger partial charge in [0.1, 0.15) is 11.5 Å². The van der Waals surface area contributed by atoms with Crippen LogP contribution in [0, 0.1) is 0 Å². The summed E-state index contributed by atoms with van der Waals surface area (Å²) >= 11 is 3.38. The second-order valence-electron chi connectivity index (χ2n) is 4.69. The highest BCUT2D eigenvalue weighted by Crippen LogP contribution is 2.26. The molecule has 0 atom stereocenters. The van der Waals surface area contributed by atoms with Crippen molar-refractivity contribution in [3.8, 4) is 11.5 Å². The average molecular weight is 316 g/mol. The lowest BCUT2D eigenvalue weighted by atomic mass is 10.0. The second-order valence-corrected chi connectivity index (χ2v) is 5.25. The van der Waals surface area contributed by atoms with Crippen LogP contribution < -0.4 is 4.74 Å². The standard InChI is InChI=1S/C13H18BrNO3/c1-13(2,8-14)15(3)12(17)10-6-5-9(18-4)7-11(10)16/h5-7,16H,8H2,1-4H3. The Morgan fingerprint density at radius 1 is 1.50 bits per heavy atom. The van der Waals surface area contributed by atoms with Gasteiger partial charge in [0, 0.05) is 24.0 Å². The zero-order chi connectivity index (χ0) is 13.9. The maximum Gasteiger partial charge on any atom is 0.257 e. The summed E-state index contributed by atoms with van der Waals surface area (Å²) in [6.45, 7) is 3.89. The smallest absolute Gasteiger partial charge is 0.257 e. The number of benzene rings is 1. The van der Waals surface area contributed by atoms with Crippen molar-refractivity contribution < 1.29 is 14.6 Å². The van der Waals surface area contributed by atoms with Crippen molar-refractivity contribution in [3.63, 3.8) is 0 Å². The van der Waals surface area contributed by atoms with Crippen molar-refractivity contribution in [2.45, 2.75) is 19.4 Å². The zero-order valence-electron chi connectivity index (χ0n) is 11.0. The van der Waals surface area contributed by atoms with Crippen molar-refractivity contribution in [1.82, 2.24) is 4.90 Å². The number of hydrogen-bond acceptors (Lipinski definition) is 3. The van der Waals surface area contributed by atoms with Crippen molar-refractivity contribution in [1.29, 1.82) is 0 Å². The average Bonchev–Trinajstić information content (AvgIpc) is 2.36. The molecule has 0 aromatic heterocycles. The molecule has 0 heterocycles. The number of aromatic hydroxyl groups is 1. The fraction of sp³-hybridized carbons (Fsp3) is 0.462. The Labute approximate surface area is 116 Å². The van der Waals surface area contributed by atoms with Crippen molar-refractivity contribution in [2.75, 3.05) is 19.5 Å². The lowest BCUT2D eigenvalue weighted by Crippen LogP contribution is -2.46. The Balaban J connectivity index is 3.04. The number of ether oxygens (including phenoxy) is 1. The van der Waals surface area contributed by atoms with Gasteiger partial charge in [0.25, 0.3) is 5.91 Å². The summed E-state index contributed by atoms with van der Waals surface area (Å²) in [7, 11) is 3.23. The van der Waals surface area contributed by atoms with Crippen LogP contribution in [-0.4, -0.2) is 40.9 Å². The Bertz CT molecular complexity index is 446. The maximum absolute atomic E-state index is 12.3. The SMILES string of the molecule is COc1ccc(C(=O)N(C)C(C)(C)CBr)c(O)c1. The molecule has 18 heavy (non-hydrogen) atoms. The molecule has 0 aliphatic rings. The first-order valence-electron chi connectivity index (χ1n) is 5.54. The molecule has 0 aliphatic carbocycles. The number of nitrogens with zero attached hydrogens (tertiary/aromatic N) is 1. The van der Waals surface area contributed by atoms with Gasteiger partial charge in [-0.1, -0.05) is 15.9 Å². The molecule has 1 amide bonds. The summed E-state index contributed by atoms with van der Waals surface area (Å²) in [5, 5.41) is 10.5. The molecular formula is C13H18BrNO3. The van der Waals surface area contributed by atoms with Gasteiger partial charge in [-0.2, -0.15) is 0 Å². The predicted octanol–water partition coefficient (Wildman–Crippen LogP) is 2.65. The number of carbonyl (C=O) groups excluding carboxylic acids is 1. The predicted molar refractivity (Wildman–Crippen MR) is 74.6 cm³/mol. The number of phenolic OH excluding ortho intramolecular Hbond substituents is 1. The van der Waals surface area contributed by atoms with E-state index in [9.17, 15) is 9.90 Å². The first-order valence-corrected chi connectivity index (χ1v) is 6.66. The number of halogens is 1. The van der Waals surface area contributed by atoms with Crippen LogP contribution in [0.25, 0.3) is 0 Å². The van der Waals surface area contributed by atoms with Gasteiger partial charge in [0.15, 0.2) is 0 Å². The van der Waals surface area contributed by atoms with E-state index in [2.05, 4.69) is 15.9 Å². The topological polar surface area (TPSA) is 49.8 Å². The quantitative estimate of drug-likeness (QED) is 0.869. The fourth-order valence-corrected chi connectivity index (χ4v) is 1.74. The minimum absolute atomic E-state index is 0.0726. The lowest BCUT2D eigenvalue weighted by molar-refractivity contribution is 0.0660. The molecule has 1 N–H and O–H groups in total. The zero-order valence-corrected chi connectivity index (χ0v) is 12.6. The molecule has 0 bridgehead atoms. The van der Waals surface area contributed by atoms with Crippen LogP contribution in [0.15, 0.2) is 18.2 Å². The van der Waals surface area contributed by atoms with Crippen molar-refractivity contribution in [3.05, 3.63) is 23.8 Å². The van der Waals surface area contributed by atoms with E-state index in [1.165, 1.54) is 13.2 Å². The first-order chi connectivity index (χ1) is 8.33. The molecule has 0 saturated heterocycles. The van der Waals surface area contributed by atoms with E-state index in [0.29, 0.717) is 11.1 Å². The summed E-state index contributed by atoms with van der Waals surface area (Å²) < 4.78 is 4.99. The third-order valence-electron chi connectivity index (χ3n) is 2.97. The van der Waals surface area contributed by atoms with Crippen LogP contribution in [-0.2, 0) is 0 Å². The second kappa shape index (κ2) is 5.61. The van der Waals surface area contributed by atoms with E-state index in [1.54, 1.807) is 24.1 Å². The maximum atomic E-state index is 12.3. The van der Waals surface area contributed by atoms with Gasteiger partial charge in [0.2, 0.25) is 0 Å². The summed E-state index contributed by atoms with van der Waals surface area (Å²) in [5.41, 5.74) is -0.0592. The third-order valence-corrected chi connectivity index (χ3v) is 4.35. The lowest BCUT2D eigenvalue weighted by Gasteiger charge is -2.34. The highest BCUT2D eigenvalue weighted by atomic mass is 79.9. The van der Waals surface area contributed by atoms with Gasteiger partial charge in [-0.3, -0.25) is 4.79 Å². The van der Waals surface area contributed by atoms with Gasteiger partial charge in [-0.15, -0.1) is 0 Å². The molecule has 1 aromatic carbocycles. The van der Waals surface area contributed by atoms with E-state index in [0.717, 1.165) is 0 Å². The van der Waals surface area contributed by atoms with E-state index in [-0.39, 0.29) is 22.8 Å². The van der Waals surface area contributed by atoms with Crippen LogP contribution in [0.5, 0.6) is 11.5 Å². The number of carbonyl (C=O) groups is 1. The number of rotatable bonds is 4. The largest absolute Gasteiger partial charge is 0.507 e. The Hall–Kier alpha value is -1.23. The number of alkyl halides is 1. The van der Waals surface area contributed by atoms with Gasteiger partial charge in [-0.25, -0.2) is 0 Å². The molecule has 0 radical (unpaired) electrons. The molecule has 0 unspecified atom stereocenters. The Kier molecular flexibility index (Phi) is 4.62. The molecule has 0 fully saturated rings. The summed E-state index contributed by atoms with van der Waals surface area (Å²) in [4.78, 5) is 13.9. The van der Waals surface area contributed by atoms with Gasteiger partial charge in [-0.05, 0) is 26.0 Å². The monoisotopic (exact) mass is 315 g/mol. The molecular weight excluding hydrogens is 298 g/mol. The van der Waals surface area contributed by atoms with Crippen LogP contribution in [0.2, 0.25) is 0 Å². The minimum Gasteiger partial charge on any atom is -0.507 e. The highest BCUT2D eigenvalue weighted by Gasteiger charge is 2.28. The molecule has 0 spiro atoms. The van der Waals surface area contributed by atoms with Crippen LogP contribution >= 0.6 is 15.9 Å². The number of hydrogen-bond donors (Lipinski definition) is 1. The van der Waals surface area contributed by atoms with Crippen LogP contribution in [0.4, 0.5) is 0 Å². The van der Waals surface area contributed by atoms with E-state index in [4.69, 9.17) is 4.74 Å². The van der Waals surface area contributed by atoms with Gasteiger partial charge < -0.3 is 14.7 Å². The van der Waals surface area contributed by atoms with E-state index >= 15 is 0 Å². The van der Waals surface area contributed by atoms with Crippen molar-refractivity contribution >= 4 is 21.8 Å². The van der Waals surface area contributed by atoms with Crippen LogP contribution in [0.1, 0.15) is 24.2 Å². The molecule has 1 rings (SSSR count). The van der Waals surface area contributed by atoms with Gasteiger partial charge >= 0.3 is 0 Å². The number of phenols is 1. The summed E-state index contributed by atoms with van der Waals surface area (Å²) in [5.74, 6) is 0.225.